The van der Waals surface area contributed by atoms with Gasteiger partial charge in [0, 0.05) is 44.1 Å². The van der Waals surface area contributed by atoms with Gasteiger partial charge < -0.3 is 13.7 Å². The van der Waals surface area contributed by atoms with Gasteiger partial charge in [-0.3, -0.25) is 0 Å². The van der Waals surface area contributed by atoms with Crippen LogP contribution in [0.3, 0.4) is 0 Å². The lowest BCUT2D eigenvalue weighted by molar-refractivity contribution is 0.605. The van der Waals surface area contributed by atoms with Crippen molar-refractivity contribution in [1.29, 1.82) is 0 Å². The molecule has 0 atom stereocenters. The zero-order valence-electron chi connectivity index (χ0n) is 30.0. The van der Waals surface area contributed by atoms with Crippen molar-refractivity contribution in [3.05, 3.63) is 162 Å². The minimum atomic E-state index is -0.115. The van der Waals surface area contributed by atoms with E-state index in [-0.39, 0.29) is 10.8 Å². The second kappa shape index (κ2) is 9.72. The quantitative estimate of drug-likeness (QED) is 0.186. The van der Waals surface area contributed by atoms with Crippen LogP contribution in [0, 0.1) is 0 Å². The minimum Gasteiger partial charge on any atom is -0.443 e. The fraction of sp³-hybridized carbons (Fsp3) is 0.122. The second-order valence-electron chi connectivity index (χ2n) is 16.0. The maximum atomic E-state index is 6.03. The predicted octanol–water partition coefficient (Wildman–Crippen LogP) is 13.1. The highest BCUT2D eigenvalue weighted by Gasteiger charge is 2.38. The lowest BCUT2D eigenvalue weighted by Gasteiger charge is -2.30. The summed E-state index contributed by atoms with van der Waals surface area (Å²) in [7, 11) is 0. The predicted molar refractivity (Wildman–Crippen MR) is 218 cm³/mol. The summed E-state index contributed by atoms with van der Waals surface area (Å²) in [6, 6.07) is 49.8. The summed E-state index contributed by atoms with van der Waals surface area (Å²) in [6.45, 7) is 9.45. The first-order chi connectivity index (χ1) is 25.8. The van der Waals surface area contributed by atoms with Crippen molar-refractivity contribution in [3.63, 3.8) is 0 Å². The molecule has 4 heteroatoms. The van der Waals surface area contributed by atoms with Gasteiger partial charge in [-0.25, -0.2) is 4.98 Å². The van der Waals surface area contributed by atoms with Crippen LogP contribution >= 0.6 is 0 Å². The second-order valence-corrected chi connectivity index (χ2v) is 16.0. The number of anilines is 3. The van der Waals surface area contributed by atoms with Crippen LogP contribution in [-0.4, -0.2) is 9.38 Å². The van der Waals surface area contributed by atoms with Crippen molar-refractivity contribution in [2.45, 2.75) is 38.5 Å². The molecule has 0 radical (unpaired) electrons. The molecule has 3 heterocycles. The highest BCUT2D eigenvalue weighted by atomic mass is 16.3. The molecule has 0 unspecified atom stereocenters. The van der Waals surface area contributed by atoms with E-state index in [2.05, 4.69) is 175 Å². The first-order valence-corrected chi connectivity index (χ1v) is 18.5. The van der Waals surface area contributed by atoms with Gasteiger partial charge >= 0.3 is 0 Å². The lowest BCUT2D eigenvalue weighted by atomic mass is 9.82. The van der Waals surface area contributed by atoms with E-state index in [1.165, 1.54) is 77.2 Å². The number of hydrogen-bond donors (Lipinski definition) is 0. The molecule has 7 aromatic carbocycles. The number of para-hydroxylation sites is 1. The molecule has 2 aliphatic carbocycles. The summed E-state index contributed by atoms with van der Waals surface area (Å²) in [5.41, 5.74) is 19.3. The summed E-state index contributed by atoms with van der Waals surface area (Å²) >= 11 is 0. The third-order valence-corrected chi connectivity index (χ3v) is 12.7. The molecule has 53 heavy (non-hydrogen) atoms. The van der Waals surface area contributed by atoms with Crippen molar-refractivity contribution in [3.8, 4) is 22.3 Å². The molecular weight excluding hydrogens is 647 g/mol. The van der Waals surface area contributed by atoms with Crippen LogP contribution in [0.2, 0.25) is 0 Å². The molecule has 0 fully saturated rings. The number of fused-ring (bicyclic) bond motifs is 14. The highest BCUT2D eigenvalue weighted by molar-refractivity contribution is 6.30. The topological polar surface area (TPSA) is 33.7 Å². The van der Waals surface area contributed by atoms with Gasteiger partial charge in [0.25, 0.3) is 0 Å². The van der Waals surface area contributed by atoms with Gasteiger partial charge in [0.2, 0.25) is 0 Å². The van der Waals surface area contributed by atoms with Gasteiger partial charge in [0.1, 0.15) is 5.52 Å². The third kappa shape index (κ3) is 3.58. The summed E-state index contributed by atoms with van der Waals surface area (Å²) in [4.78, 5) is 7.12. The highest BCUT2D eigenvalue weighted by Crippen LogP contribution is 2.53. The number of rotatable bonds is 3. The third-order valence-electron chi connectivity index (χ3n) is 12.7. The van der Waals surface area contributed by atoms with E-state index in [1.807, 2.05) is 0 Å². The smallest absolute Gasteiger partial charge is 0.182 e. The van der Waals surface area contributed by atoms with E-state index in [1.54, 1.807) is 6.39 Å². The average molecular weight is 682 g/mol. The molecule has 252 valence electrons. The van der Waals surface area contributed by atoms with Crippen LogP contribution in [0.1, 0.15) is 49.9 Å². The first kappa shape index (κ1) is 29.2. The summed E-state index contributed by atoms with van der Waals surface area (Å²) in [6.07, 6.45) is 1.57. The van der Waals surface area contributed by atoms with Gasteiger partial charge in [-0.05, 0) is 99.1 Å². The van der Waals surface area contributed by atoms with Crippen LogP contribution in [0.5, 0.6) is 0 Å². The maximum absolute atomic E-state index is 6.03. The fourth-order valence-corrected chi connectivity index (χ4v) is 10.1. The summed E-state index contributed by atoms with van der Waals surface area (Å²) in [5.74, 6) is 0. The molecule has 0 saturated carbocycles. The Kier molecular flexibility index (Phi) is 5.36. The average Bonchev–Trinajstić information content (AvgIpc) is 3.96. The van der Waals surface area contributed by atoms with Gasteiger partial charge in [-0.1, -0.05) is 107 Å². The van der Waals surface area contributed by atoms with Crippen LogP contribution < -0.4 is 4.90 Å². The molecule has 0 N–H and O–H groups in total. The van der Waals surface area contributed by atoms with Crippen molar-refractivity contribution < 1.29 is 4.42 Å². The number of hydrogen-bond acceptors (Lipinski definition) is 3. The van der Waals surface area contributed by atoms with Crippen molar-refractivity contribution in [2.24, 2.45) is 0 Å². The minimum absolute atomic E-state index is 0.115. The molecule has 3 aromatic heterocycles. The fourth-order valence-electron chi connectivity index (χ4n) is 10.1. The Balaban J connectivity index is 1.13. The monoisotopic (exact) mass is 681 g/mol. The molecule has 4 nitrogen and oxygen atoms in total. The van der Waals surface area contributed by atoms with Crippen LogP contribution in [0.25, 0.3) is 71.4 Å². The Morgan fingerprint density at radius 3 is 1.74 bits per heavy atom. The number of oxazole rings is 1. The molecule has 12 rings (SSSR count). The summed E-state index contributed by atoms with van der Waals surface area (Å²) < 4.78 is 8.44. The van der Waals surface area contributed by atoms with E-state index in [0.29, 0.717) is 0 Å². The number of benzene rings is 7. The Hall–Kier alpha value is -6.39. The van der Waals surface area contributed by atoms with Gasteiger partial charge in [-0.15, -0.1) is 0 Å². The van der Waals surface area contributed by atoms with E-state index >= 15 is 0 Å². The van der Waals surface area contributed by atoms with E-state index in [0.717, 1.165) is 33.5 Å². The Labute approximate surface area is 306 Å². The molecule has 0 bridgehead atoms. The van der Waals surface area contributed by atoms with Gasteiger partial charge in [0.15, 0.2) is 12.0 Å². The van der Waals surface area contributed by atoms with Gasteiger partial charge in [-0.2, -0.15) is 0 Å². The standard InChI is InChI=1S/C49H35N3O/c1-48(2)38-14-8-5-11-31(38)33-20-17-29(24-40(33)48)51(30-18-21-34-32-12-6-9-15-39(32)49(3,4)41(34)25-30)28-19-22-44-36(23-28)37-26-42-47(53-27-50-42)45-35-13-7-10-16-43(35)52(44)46(37)45/h5-27H,1-4H3. The zero-order valence-corrected chi connectivity index (χ0v) is 30.0. The Morgan fingerprint density at radius 1 is 0.509 bits per heavy atom. The Bertz CT molecular complexity index is 3090. The van der Waals surface area contributed by atoms with E-state index in [9.17, 15) is 0 Å². The largest absolute Gasteiger partial charge is 0.443 e. The van der Waals surface area contributed by atoms with Crippen LogP contribution in [0.15, 0.2) is 144 Å². The molecule has 0 spiro atoms. The van der Waals surface area contributed by atoms with Crippen molar-refractivity contribution in [2.75, 3.05) is 4.90 Å². The maximum Gasteiger partial charge on any atom is 0.182 e. The molecule has 0 amide bonds. The zero-order chi connectivity index (χ0) is 35.4. The van der Waals surface area contributed by atoms with Crippen molar-refractivity contribution >= 4 is 66.3 Å². The number of aromatic nitrogens is 2. The van der Waals surface area contributed by atoms with Gasteiger partial charge in [0.05, 0.1) is 21.9 Å². The van der Waals surface area contributed by atoms with Crippen LogP contribution in [0.4, 0.5) is 17.1 Å². The molecular formula is C49H35N3O. The van der Waals surface area contributed by atoms with Crippen molar-refractivity contribution in [1.82, 2.24) is 9.38 Å². The molecule has 2 aliphatic rings. The SMILES string of the molecule is CC1(C)c2ccccc2-c2ccc(N(c3ccc4c(c3)C(C)(C)c3ccccc3-4)c3ccc4c(c3)c3cc5ncoc5c5c6ccccc6n4c35)cc21. The molecule has 10 aromatic rings. The lowest BCUT2D eigenvalue weighted by Crippen LogP contribution is -2.18. The first-order valence-electron chi connectivity index (χ1n) is 18.5. The van der Waals surface area contributed by atoms with Crippen LogP contribution in [-0.2, 0) is 10.8 Å². The number of nitrogens with zero attached hydrogens (tertiary/aromatic N) is 3. The Morgan fingerprint density at radius 2 is 1.06 bits per heavy atom. The van der Waals surface area contributed by atoms with E-state index in [4.69, 9.17) is 4.42 Å². The van der Waals surface area contributed by atoms with E-state index < -0.39 is 0 Å². The molecule has 0 saturated heterocycles. The molecule has 0 aliphatic heterocycles. The summed E-state index contributed by atoms with van der Waals surface area (Å²) in [5, 5.41) is 4.70. The normalized spacial score (nSPS) is 15.1.